The van der Waals surface area contributed by atoms with E-state index >= 15 is 0 Å². The number of carbonyl (C=O) groups excluding carboxylic acids is 1. The molecule has 1 aromatic carbocycles. The molecule has 1 saturated heterocycles. The van der Waals surface area contributed by atoms with E-state index < -0.39 is 0 Å². The average molecular weight is 460 g/mol. The quantitative estimate of drug-likeness (QED) is 0.493. The van der Waals surface area contributed by atoms with Crippen LogP contribution in [0.2, 0.25) is 0 Å². The third kappa shape index (κ3) is 5.30. The highest BCUT2D eigenvalue weighted by molar-refractivity contribution is 5.94. The van der Waals surface area contributed by atoms with E-state index in [1.807, 2.05) is 30.6 Å². The normalized spacial score (nSPS) is 18.3. The molecule has 1 unspecified atom stereocenters. The lowest BCUT2D eigenvalue weighted by atomic mass is 9.96. The molecule has 1 aliphatic heterocycles. The maximum Gasteiger partial charge on any atom is 0.272 e. The van der Waals surface area contributed by atoms with Crippen LogP contribution in [0.4, 0.5) is 0 Å². The Kier molecular flexibility index (Phi) is 7.19. The van der Waals surface area contributed by atoms with Crippen molar-refractivity contribution in [3.63, 3.8) is 0 Å². The molecular weight excluding hydrogens is 426 g/mol. The lowest BCUT2D eigenvalue weighted by Gasteiger charge is -2.36. The Morgan fingerprint density at radius 3 is 2.85 bits per heavy atom. The molecule has 1 fully saturated rings. The van der Waals surface area contributed by atoms with Crippen LogP contribution in [0.25, 0.3) is 0 Å². The number of pyridine rings is 1. The predicted octanol–water partition coefficient (Wildman–Crippen LogP) is 4.22. The molecule has 7 heteroatoms. The molecule has 0 bridgehead atoms. The Bertz CT molecular complexity index is 1080. The van der Waals surface area contributed by atoms with Crippen LogP contribution < -0.4 is 10.1 Å². The molecule has 178 valence electrons. The fourth-order valence-corrected chi connectivity index (χ4v) is 5.14. The zero-order valence-corrected chi connectivity index (χ0v) is 19.6. The van der Waals surface area contributed by atoms with Crippen LogP contribution in [-0.4, -0.2) is 45.7 Å². The number of nitrogens with one attached hydrogen (secondary N) is 2. The molecule has 1 amide bonds. The summed E-state index contributed by atoms with van der Waals surface area (Å²) < 4.78 is 5.86. The Morgan fingerprint density at radius 2 is 2.00 bits per heavy atom. The largest absolute Gasteiger partial charge is 0.492 e. The van der Waals surface area contributed by atoms with Gasteiger partial charge in [0.15, 0.2) is 5.69 Å². The van der Waals surface area contributed by atoms with Crippen LogP contribution in [0, 0.1) is 0 Å². The van der Waals surface area contributed by atoms with Crippen molar-refractivity contribution in [3.05, 3.63) is 76.9 Å². The van der Waals surface area contributed by atoms with Gasteiger partial charge in [0, 0.05) is 36.2 Å². The minimum atomic E-state index is -0.122. The number of benzene rings is 1. The zero-order chi connectivity index (χ0) is 23.2. The molecule has 2 aromatic heterocycles. The number of likely N-dealkylation sites (tertiary alicyclic amines) is 1. The Hall–Kier alpha value is -3.19. The summed E-state index contributed by atoms with van der Waals surface area (Å²) in [6.07, 6.45) is 11.7. The van der Waals surface area contributed by atoms with Gasteiger partial charge in [0.2, 0.25) is 0 Å². The van der Waals surface area contributed by atoms with Gasteiger partial charge in [0.1, 0.15) is 12.4 Å². The standard InChI is InChI=1S/C27H33N5O2/c33-27(26-23-7-1-2-8-24(23)30-31-26)29-15-17-34-22-12-10-20(11-13-22)19-32-16-4-3-9-25(32)21-6-5-14-28-18-21/h5-6,10-14,18,25H,1-4,7-9,15-17,19H2,(H,29,33)(H,30,31). The fourth-order valence-electron chi connectivity index (χ4n) is 5.14. The molecule has 1 atom stereocenters. The van der Waals surface area contributed by atoms with Crippen molar-refractivity contribution in [2.45, 2.75) is 57.5 Å². The first-order valence-electron chi connectivity index (χ1n) is 12.5. The van der Waals surface area contributed by atoms with E-state index in [4.69, 9.17) is 4.74 Å². The van der Waals surface area contributed by atoms with E-state index in [0.717, 1.165) is 55.8 Å². The van der Waals surface area contributed by atoms with Crippen LogP contribution in [0.1, 0.15) is 71.0 Å². The van der Waals surface area contributed by atoms with Crippen LogP contribution in [0.5, 0.6) is 5.75 Å². The third-order valence-corrected chi connectivity index (χ3v) is 6.92. The number of carbonyl (C=O) groups is 1. The molecule has 7 nitrogen and oxygen atoms in total. The molecule has 0 saturated carbocycles. The Balaban J connectivity index is 1.09. The summed E-state index contributed by atoms with van der Waals surface area (Å²) in [5, 5.41) is 10.2. The van der Waals surface area contributed by atoms with E-state index in [-0.39, 0.29) is 5.91 Å². The summed E-state index contributed by atoms with van der Waals surface area (Å²) >= 11 is 0. The van der Waals surface area contributed by atoms with Crippen LogP contribution >= 0.6 is 0 Å². The van der Waals surface area contributed by atoms with Gasteiger partial charge in [-0.05, 0) is 74.4 Å². The summed E-state index contributed by atoms with van der Waals surface area (Å²) in [7, 11) is 0. The Morgan fingerprint density at radius 1 is 1.12 bits per heavy atom. The van der Waals surface area contributed by atoms with Crippen molar-refractivity contribution in [3.8, 4) is 5.75 Å². The molecule has 2 N–H and O–H groups in total. The first-order valence-corrected chi connectivity index (χ1v) is 12.5. The highest BCUT2D eigenvalue weighted by atomic mass is 16.5. The molecule has 0 spiro atoms. The number of piperidine rings is 1. The van der Waals surface area contributed by atoms with Gasteiger partial charge >= 0.3 is 0 Å². The highest BCUT2D eigenvalue weighted by Gasteiger charge is 2.24. The number of ether oxygens (including phenoxy) is 1. The summed E-state index contributed by atoms with van der Waals surface area (Å²) in [6, 6.07) is 13.0. The summed E-state index contributed by atoms with van der Waals surface area (Å²) in [5.74, 6) is 0.695. The number of hydrogen-bond acceptors (Lipinski definition) is 5. The van der Waals surface area contributed by atoms with E-state index in [2.05, 4.69) is 43.6 Å². The topological polar surface area (TPSA) is 83.1 Å². The number of amides is 1. The minimum absolute atomic E-state index is 0.122. The van der Waals surface area contributed by atoms with Gasteiger partial charge in [-0.1, -0.05) is 24.6 Å². The van der Waals surface area contributed by atoms with Gasteiger partial charge in [-0.25, -0.2) is 0 Å². The second-order valence-corrected chi connectivity index (χ2v) is 9.25. The van der Waals surface area contributed by atoms with Gasteiger partial charge in [0.25, 0.3) is 5.91 Å². The monoisotopic (exact) mass is 459 g/mol. The average Bonchev–Trinajstić information content (AvgIpc) is 3.33. The van der Waals surface area contributed by atoms with Gasteiger partial charge in [-0.15, -0.1) is 0 Å². The van der Waals surface area contributed by atoms with Gasteiger partial charge < -0.3 is 10.1 Å². The van der Waals surface area contributed by atoms with Crippen molar-refractivity contribution < 1.29 is 9.53 Å². The number of aromatic nitrogens is 3. The number of aromatic amines is 1. The molecule has 5 rings (SSSR count). The third-order valence-electron chi connectivity index (χ3n) is 6.92. The molecule has 3 aromatic rings. The van der Waals surface area contributed by atoms with Gasteiger partial charge in [0.05, 0.1) is 6.54 Å². The van der Waals surface area contributed by atoms with Crippen molar-refractivity contribution >= 4 is 5.91 Å². The second kappa shape index (κ2) is 10.8. The minimum Gasteiger partial charge on any atom is -0.492 e. The van der Waals surface area contributed by atoms with E-state index in [9.17, 15) is 4.79 Å². The van der Waals surface area contributed by atoms with Crippen LogP contribution in [0.3, 0.4) is 0 Å². The van der Waals surface area contributed by atoms with Crippen LogP contribution in [-0.2, 0) is 19.4 Å². The lowest BCUT2D eigenvalue weighted by Crippen LogP contribution is -2.32. The first-order chi connectivity index (χ1) is 16.8. The van der Waals surface area contributed by atoms with E-state index in [1.165, 1.54) is 30.4 Å². The van der Waals surface area contributed by atoms with Gasteiger partial charge in [-0.3, -0.25) is 19.8 Å². The lowest BCUT2D eigenvalue weighted by molar-refractivity contribution is 0.0941. The fraction of sp³-hybridized carbons (Fsp3) is 0.444. The molecule has 3 heterocycles. The summed E-state index contributed by atoms with van der Waals surface area (Å²) in [5.41, 5.74) is 5.32. The SMILES string of the molecule is O=C(NCCOc1ccc(CN2CCCCC2c2cccnc2)cc1)c1n[nH]c2c1CCCC2. The molecular formula is C27H33N5O2. The van der Waals surface area contributed by atoms with Gasteiger partial charge in [-0.2, -0.15) is 5.10 Å². The highest BCUT2D eigenvalue weighted by Crippen LogP contribution is 2.32. The van der Waals surface area contributed by atoms with Crippen molar-refractivity contribution in [2.24, 2.45) is 0 Å². The van der Waals surface area contributed by atoms with Crippen LogP contribution in [0.15, 0.2) is 48.8 Å². The maximum atomic E-state index is 12.5. The van der Waals surface area contributed by atoms with E-state index in [1.54, 1.807) is 0 Å². The van der Waals surface area contributed by atoms with Crippen molar-refractivity contribution in [1.82, 2.24) is 25.4 Å². The number of aryl methyl sites for hydroxylation is 1. The maximum absolute atomic E-state index is 12.5. The number of hydrogen-bond donors (Lipinski definition) is 2. The number of nitrogens with zero attached hydrogens (tertiary/aromatic N) is 3. The van der Waals surface area contributed by atoms with Crippen molar-refractivity contribution in [2.75, 3.05) is 19.7 Å². The number of H-pyrrole nitrogens is 1. The van der Waals surface area contributed by atoms with E-state index in [0.29, 0.717) is 24.9 Å². The molecule has 2 aliphatic rings. The Labute approximate surface area is 200 Å². The smallest absolute Gasteiger partial charge is 0.272 e. The predicted molar refractivity (Wildman–Crippen MR) is 131 cm³/mol. The number of fused-ring (bicyclic) bond motifs is 1. The second-order valence-electron chi connectivity index (χ2n) is 9.25. The molecule has 0 radical (unpaired) electrons. The molecule has 34 heavy (non-hydrogen) atoms. The zero-order valence-electron chi connectivity index (χ0n) is 19.6. The van der Waals surface area contributed by atoms with Crippen molar-refractivity contribution in [1.29, 1.82) is 0 Å². The number of rotatable bonds is 8. The summed E-state index contributed by atoms with van der Waals surface area (Å²) in [6.45, 7) is 2.90. The first kappa shape index (κ1) is 22.6. The summed E-state index contributed by atoms with van der Waals surface area (Å²) in [4.78, 5) is 19.4. The molecule has 1 aliphatic carbocycles.